The van der Waals surface area contributed by atoms with E-state index in [4.69, 9.17) is 56.1 Å². The molecule has 3 fully saturated rings. The van der Waals surface area contributed by atoms with E-state index in [9.17, 15) is 59.5 Å². The van der Waals surface area contributed by atoms with Crippen LogP contribution in [0.25, 0.3) is 0 Å². The van der Waals surface area contributed by atoms with E-state index in [1.807, 2.05) is 9.80 Å². The van der Waals surface area contributed by atoms with E-state index in [-0.39, 0.29) is 87.3 Å². The predicted molar refractivity (Wildman–Crippen MR) is 413 cm³/mol. The summed E-state index contributed by atoms with van der Waals surface area (Å²) in [7, 11) is 0. The lowest BCUT2D eigenvalue weighted by Crippen LogP contribution is -2.50. The number of piperidine rings is 3. The first-order valence-electron chi connectivity index (χ1n) is 35.0. The number of ether oxygens (including phenoxy) is 3. The maximum atomic E-state index is 14.9. The molecule has 8 unspecified atom stereocenters. The van der Waals surface area contributed by atoms with Crippen molar-refractivity contribution in [2.24, 2.45) is 32.7 Å². The number of aliphatic imine (C=N–C) groups is 3. The summed E-state index contributed by atoms with van der Waals surface area (Å²) in [6.45, 7) is 6.35. The van der Waals surface area contributed by atoms with Crippen molar-refractivity contribution in [3.8, 4) is 0 Å². The summed E-state index contributed by atoms with van der Waals surface area (Å²) in [6, 6.07) is 9.41. The molecule has 8 atom stereocenters. The van der Waals surface area contributed by atoms with Gasteiger partial charge in [0.1, 0.15) is 47.9 Å². The molecule has 0 radical (unpaired) electrons. The van der Waals surface area contributed by atoms with Crippen LogP contribution in [0, 0.1) is 35.2 Å². The van der Waals surface area contributed by atoms with Gasteiger partial charge in [-0.3, -0.25) is 29.7 Å². The molecule has 0 aliphatic carbocycles. The van der Waals surface area contributed by atoms with E-state index in [2.05, 4.69) is 62.8 Å². The molecule has 594 valence electrons. The van der Waals surface area contributed by atoms with Crippen molar-refractivity contribution in [1.82, 2.24) is 45.6 Å². The van der Waals surface area contributed by atoms with Gasteiger partial charge in [-0.25, -0.2) is 74.5 Å². The van der Waals surface area contributed by atoms with Crippen LogP contribution in [0.1, 0.15) is 89.9 Å². The molecule has 3 aromatic carbocycles. The van der Waals surface area contributed by atoms with Gasteiger partial charge >= 0.3 is 35.8 Å². The number of hydrogen-bond donors (Lipinski definition) is 6. The number of amidine groups is 3. The van der Waals surface area contributed by atoms with Crippen molar-refractivity contribution >= 4 is 131 Å². The Kier molecular flexibility index (Phi) is 30.1. The molecule has 3 aromatic heterocycles. The third-order valence-corrected chi connectivity index (χ3v) is 22.3. The Morgan fingerprint density at radius 1 is 0.536 bits per heavy atom. The number of aromatic nitrogens is 3. The van der Waals surface area contributed by atoms with Crippen LogP contribution in [-0.2, 0) is 43.0 Å². The molecular formula is C75H74Br2ClF7N12O12S3. The van der Waals surface area contributed by atoms with Gasteiger partial charge in [-0.15, -0.1) is 34.0 Å². The van der Waals surface area contributed by atoms with Crippen LogP contribution in [0.3, 0.4) is 0 Å². The summed E-state index contributed by atoms with van der Waals surface area (Å²) in [5.74, 6) is -11.1. The van der Waals surface area contributed by atoms with Crippen LogP contribution in [-0.4, -0.2) is 195 Å². The molecule has 3 saturated heterocycles. The number of nitrogens with one attached hydrogen (secondary N) is 3. The lowest BCUT2D eigenvalue weighted by Gasteiger charge is -2.38. The molecule has 0 saturated carbocycles. The van der Waals surface area contributed by atoms with Crippen molar-refractivity contribution < 1.29 is 89.0 Å². The summed E-state index contributed by atoms with van der Waals surface area (Å²) in [6.07, 6.45) is 9.63. The molecule has 112 heavy (non-hydrogen) atoms. The summed E-state index contributed by atoms with van der Waals surface area (Å²) in [5, 5.41) is 43.2. The fourth-order valence-corrected chi connectivity index (χ4v) is 16.2. The van der Waals surface area contributed by atoms with Gasteiger partial charge in [-0.1, -0.05) is 79.9 Å². The average Bonchev–Trinajstić information content (AvgIpc) is 1.02. The highest BCUT2D eigenvalue weighted by molar-refractivity contribution is 9.10. The molecule has 6 N–H and O–H groups in total. The summed E-state index contributed by atoms with van der Waals surface area (Å²) in [5.41, 5.74) is 3.30. The zero-order valence-electron chi connectivity index (χ0n) is 59.9. The molecule has 9 heterocycles. The number of benzene rings is 3. The number of aliphatic carboxylic acids is 3. The fourth-order valence-electron chi connectivity index (χ4n) is 13.1. The van der Waals surface area contributed by atoms with E-state index >= 15 is 0 Å². The molecule has 0 amide bonds. The third-order valence-electron chi connectivity index (χ3n) is 18.2. The van der Waals surface area contributed by atoms with Crippen LogP contribution in [0.5, 0.6) is 0 Å². The Morgan fingerprint density at radius 3 is 1.21 bits per heavy atom. The molecule has 6 aliphatic heterocycles. The number of thiazole rings is 3. The quantitative estimate of drug-likeness (QED) is 0.0142. The highest BCUT2D eigenvalue weighted by Crippen LogP contribution is 2.42. The largest absolute Gasteiger partial charge is 0.478 e. The van der Waals surface area contributed by atoms with Gasteiger partial charge in [-0.2, -0.15) is 0 Å². The third kappa shape index (κ3) is 22.2. The number of rotatable bonds is 24. The van der Waals surface area contributed by atoms with Gasteiger partial charge in [-0.05, 0) is 107 Å². The molecule has 37 heteroatoms. The van der Waals surface area contributed by atoms with Crippen molar-refractivity contribution in [2.45, 2.75) is 76.4 Å². The molecule has 0 bridgehead atoms. The molecule has 24 nitrogen and oxygen atoms in total. The number of hydrogen-bond acceptors (Lipinski definition) is 24. The highest BCUT2D eigenvalue weighted by atomic mass is 79.9. The lowest BCUT2D eigenvalue weighted by molar-refractivity contribution is -0.139. The first-order valence-corrected chi connectivity index (χ1v) is 39.6. The summed E-state index contributed by atoms with van der Waals surface area (Å²) in [4.78, 5) is 104. The first kappa shape index (κ1) is 85.3. The minimum absolute atomic E-state index is 0.0269. The average molecular weight is 1760 g/mol. The zero-order chi connectivity index (χ0) is 80.5. The Morgan fingerprint density at radius 2 is 0.884 bits per heavy atom. The van der Waals surface area contributed by atoms with Crippen LogP contribution in [0.4, 0.5) is 30.7 Å². The molecule has 6 aromatic rings. The molecule has 12 rings (SSSR count). The SMILES string of the molecule is CCOC(=O)C1=C(CN2CCC(/C=C/C(=O)O)C(F)(F)C2)NC(c2nccs2)=NC1c1ccc(F)cc1Br.CCOC(=O)C1=C(CN2CCC(/C=C/C(=O)O)C(F)C2)NC(c2nccs2)=NC1c1ccc(F)cc1Br.CCOC(=O)C1=C(CN2CCC(/C=C/C(=O)O)C(F)C2)NC(c2nccs2)=NC1c1ccc(F)cc1Cl. The van der Waals surface area contributed by atoms with Gasteiger partial charge in [0.25, 0.3) is 5.92 Å². The number of allylic oxidation sites excluding steroid dienone is 3. The summed E-state index contributed by atoms with van der Waals surface area (Å²) >= 11 is 17.2. The molecular weight excluding hydrogens is 1690 g/mol. The van der Waals surface area contributed by atoms with Crippen molar-refractivity contribution in [2.75, 3.05) is 78.7 Å². The molecule has 0 spiro atoms. The topological polar surface area (TPSA) is 312 Å². The number of carboxylic acids is 3. The van der Waals surface area contributed by atoms with E-state index in [0.29, 0.717) is 101 Å². The fraction of sp³-hybridized carbons (Fsp3) is 0.360. The number of halogens is 10. The number of esters is 3. The minimum Gasteiger partial charge on any atom is -0.478 e. The lowest BCUT2D eigenvalue weighted by atomic mass is 9.91. The normalized spacial score (nSPS) is 22.3. The molecule has 6 aliphatic rings. The van der Waals surface area contributed by atoms with Crippen LogP contribution < -0.4 is 16.0 Å². The van der Waals surface area contributed by atoms with Gasteiger partial charge in [0.15, 0.2) is 32.5 Å². The maximum absolute atomic E-state index is 14.9. The van der Waals surface area contributed by atoms with E-state index in [0.717, 1.165) is 30.4 Å². The number of alkyl halides is 4. The van der Waals surface area contributed by atoms with E-state index in [1.54, 1.807) is 61.6 Å². The first-order chi connectivity index (χ1) is 53.6. The standard InChI is InChI=1S/C25H24BrF3N4O4S.C25H25BrF2N4O4S.C25H25ClF2N4O4S/c1-2-37-24(36)20-18(12-33-9-7-14(3-6-19(34)35)25(28,29)13-33)31-22(23-30-8-10-38-23)32-21(20)16-5-4-15(27)11-17(16)26;2*1-2-36-25(35)21-19(13-32-9-7-14(18(28)12-32)3-6-20(33)34)30-23(24-29-8-10-37-24)31-22(21)16-5-4-15(27)11-17(16)26/h3-6,8,10-11,14,21H,2,7,9,12-13H2,1H3,(H,31,32)(H,34,35);2*3-6,8,10-11,14,18,22H,2,7,9,12-13H2,1H3,(H,30,31)(H,33,34)/b3*6-3+. The Bertz CT molecular complexity index is 4530. The summed E-state index contributed by atoms with van der Waals surface area (Å²) < 4.78 is 118. The second-order valence-electron chi connectivity index (χ2n) is 25.7. The van der Waals surface area contributed by atoms with Crippen LogP contribution in [0.2, 0.25) is 5.02 Å². The van der Waals surface area contributed by atoms with Crippen molar-refractivity contribution in [1.29, 1.82) is 0 Å². The van der Waals surface area contributed by atoms with E-state index in [1.165, 1.54) is 93.5 Å². The minimum atomic E-state index is -3.19. The number of carbonyl (C=O) groups is 6. The smallest absolute Gasteiger partial charge is 0.338 e. The number of nitrogens with zero attached hydrogens (tertiary/aromatic N) is 9. The maximum Gasteiger partial charge on any atom is 0.338 e. The second kappa shape index (κ2) is 39.6. The second-order valence-corrected chi connectivity index (χ2v) is 30.5. The van der Waals surface area contributed by atoms with Gasteiger partial charge in [0, 0.05) is 140 Å². The number of carboxylic acid groups (broad SMARTS) is 3. The van der Waals surface area contributed by atoms with Gasteiger partial charge < -0.3 is 45.5 Å². The van der Waals surface area contributed by atoms with E-state index < -0.39 is 114 Å². The monoisotopic (exact) mass is 1760 g/mol. The highest BCUT2D eigenvalue weighted by Gasteiger charge is 2.45. The van der Waals surface area contributed by atoms with Crippen LogP contribution in [0.15, 0.2) is 184 Å². The van der Waals surface area contributed by atoms with Crippen LogP contribution >= 0.6 is 77.5 Å². The zero-order valence-corrected chi connectivity index (χ0v) is 66.3. The van der Waals surface area contributed by atoms with Gasteiger partial charge in [0.2, 0.25) is 0 Å². The Hall–Kier alpha value is -9.14. The van der Waals surface area contributed by atoms with Crippen molar-refractivity contribution in [3.63, 3.8) is 0 Å². The number of carbonyl (C=O) groups excluding carboxylic acids is 3. The Balaban J connectivity index is 0.000000178. The Labute approximate surface area is 671 Å². The predicted octanol–water partition coefficient (Wildman–Crippen LogP) is 12.9. The number of likely N-dealkylation sites (tertiary alicyclic amines) is 3. The van der Waals surface area contributed by atoms with Crippen molar-refractivity contribution in [3.05, 3.63) is 223 Å². The van der Waals surface area contributed by atoms with Gasteiger partial charge in [0.05, 0.1) is 43.1 Å².